The number of rotatable bonds is 7. The zero-order chi connectivity index (χ0) is 13.5. The summed E-state index contributed by atoms with van der Waals surface area (Å²) in [5, 5.41) is 6.86. The average molecular weight is 262 g/mol. The van der Waals surface area contributed by atoms with E-state index < -0.39 is 0 Å². The third-order valence-electron chi connectivity index (χ3n) is 3.68. The van der Waals surface area contributed by atoms with Gasteiger partial charge in [0.1, 0.15) is 0 Å². The zero-order valence-corrected chi connectivity index (χ0v) is 12.2. The maximum Gasteiger partial charge on any atom is 0.0548 e. The van der Waals surface area contributed by atoms with Crippen LogP contribution in [0.25, 0.3) is 0 Å². The highest BCUT2D eigenvalue weighted by molar-refractivity contribution is 5.53. The molecule has 1 aliphatic rings. The van der Waals surface area contributed by atoms with Crippen molar-refractivity contribution in [3.05, 3.63) is 18.5 Å². The van der Waals surface area contributed by atoms with Crippen LogP contribution in [0.1, 0.15) is 33.1 Å². The highest BCUT2D eigenvalue weighted by Gasteiger charge is 2.17. The number of pyridine rings is 1. The van der Waals surface area contributed by atoms with Crippen LogP contribution in [0.15, 0.2) is 18.5 Å². The molecule has 0 saturated carbocycles. The van der Waals surface area contributed by atoms with Crippen LogP contribution in [0.2, 0.25) is 0 Å². The fourth-order valence-electron chi connectivity index (χ4n) is 2.48. The Morgan fingerprint density at radius 3 is 2.58 bits per heavy atom. The molecule has 2 heterocycles. The Hall–Kier alpha value is -1.29. The van der Waals surface area contributed by atoms with Gasteiger partial charge in [0.15, 0.2) is 0 Å². The third kappa shape index (κ3) is 4.39. The minimum Gasteiger partial charge on any atom is -0.384 e. The standard InChI is InChI=1S/C15H26N4/c1-3-6-17-14-9-15(12-16-11-14)18-10-13(2)19-7-4-5-8-19/h9,11-13,17-18H,3-8,10H2,1-2H3. The maximum absolute atomic E-state index is 4.27. The van der Waals surface area contributed by atoms with E-state index in [0.29, 0.717) is 6.04 Å². The molecule has 1 unspecified atom stereocenters. The second kappa shape index (κ2) is 7.34. The van der Waals surface area contributed by atoms with Crippen molar-refractivity contribution in [2.45, 2.75) is 39.2 Å². The highest BCUT2D eigenvalue weighted by Crippen LogP contribution is 2.15. The van der Waals surface area contributed by atoms with Crippen LogP contribution in [0.4, 0.5) is 11.4 Å². The van der Waals surface area contributed by atoms with E-state index in [-0.39, 0.29) is 0 Å². The van der Waals surface area contributed by atoms with Crippen LogP contribution in [-0.2, 0) is 0 Å². The van der Waals surface area contributed by atoms with Crippen LogP contribution >= 0.6 is 0 Å². The molecule has 4 nitrogen and oxygen atoms in total. The predicted molar refractivity (Wildman–Crippen MR) is 81.8 cm³/mol. The van der Waals surface area contributed by atoms with Crippen molar-refractivity contribution in [2.24, 2.45) is 0 Å². The lowest BCUT2D eigenvalue weighted by Gasteiger charge is -2.24. The van der Waals surface area contributed by atoms with Crippen LogP contribution in [0.5, 0.6) is 0 Å². The summed E-state index contributed by atoms with van der Waals surface area (Å²) in [6.07, 6.45) is 7.60. The quantitative estimate of drug-likeness (QED) is 0.793. The van der Waals surface area contributed by atoms with E-state index in [0.717, 1.165) is 30.9 Å². The van der Waals surface area contributed by atoms with Gasteiger partial charge in [0, 0.05) is 19.1 Å². The van der Waals surface area contributed by atoms with E-state index in [1.165, 1.54) is 25.9 Å². The Morgan fingerprint density at radius 2 is 1.89 bits per heavy atom. The van der Waals surface area contributed by atoms with Gasteiger partial charge in [-0.25, -0.2) is 0 Å². The number of likely N-dealkylation sites (tertiary alicyclic amines) is 1. The number of hydrogen-bond donors (Lipinski definition) is 2. The van der Waals surface area contributed by atoms with Crippen molar-refractivity contribution in [1.29, 1.82) is 0 Å². The van der Waals surface area contributed by atoms with E-state index in [9.17, 15) is 0 Å². The molecule has 0 bridgehead atoms. The lowest BCUT2D eigenvalue weighted by molar-refractivity contribution is 0.269. The van der Waals surface area contributed by atoms with Gasteiger partial charge in [-0.2, -0.15) is 0 Å². The molecule has 1 atom stereocenters. The molecule has 2 N–H and O–H groups in total. The molecule has 1 aromatic heterocycles. The van der Waals surface area contributed by atoms with Crippen molar-refractivity contribution >= 4 is 11.4 Å². The topological polar surface area (TPSA) is 40.2 Å². The maximum atomic E-state index is 4.27. The molecule has 106 valence electrons. The van der Waals surface area contributed by atoms with E-state index in [2.05, 4.69) is 40.4 Å². The van der Waals surface area contributed by atoms with E-state index in [1.54, 1.807) is 0 Å². The van der Waals surface area contributed by atoms with Crippen LogP contribution in [0, 0.1) is 0 Å². The van der Waals surface area contributed by atoms with Gasteiger partial charge < -0.3 is 10.6 Å². The minimum atomic E-state index is 0.592. The summed E-state index contributed by atoms with van der Waals surface area (Å²) in [5.41, 5.74) is 2.20. The smallest absolute Gasteiger partial charge is 0.0548 e. The van der Waals surface area contributed by atoms with Gasteiger partial charge in [0.05, 0.1) is 23.8 Å². The summed E-state index contributed by atoms with van der Waals surface area (Å²) >= 11 is 0. The molecular formula is C15H26N4. The molecule has 0 radical (unpaired) electrons. The number of anilines is 2. The van der Waals surface area contributed by atoms with E-state index in [1.807, 2.05) is 12.4 Å². The summed E-state index contributed by atoms with van der Waals surface area (Å²) in [4.78, 5) is 6.83. The fraction of sp³-hybridized carbons (Fsp3) is 0.667. The lowest BCUT2D eigenvalue weighted by Crippen LogP contribution is -2.35. The first-order valence-electron chi connectivity index (χ1n) is 7.46. The van der Waals surface area contributed by atoms with Crippen molar-refractivity contribution in [2.75, 3.05) is 36.8 Å². The molecule has 2 rings (SSSR count). The summed E-state index contributed by atoms with van der Waals surface area (Å²) in [6, 6.07) is 2.73. The van der Waals surface area contributed by atoms with E-state index >= 15 is 0 Å². The molecule has 0 aliphatic carbocycles. The number of aromatic nitrogens is 1. The predicted octanol–water partition coefficient (Wildman–Crippen LogP) is 2.80. The van der Waals surface area contributed by atoms with Gasteiger partial charge in [0.2, 0.25) is 0 Å². The first-order chi connectivity index (χ1) is 9.29. The second-order valence-electron chi connectivity index (χ2n) is 5.36. The zero-order valence-electron chi connectivity index (χ0n) is 12.2. The third-order valence-corrected chi connectivity index (χ3v) is 3.68. The highest BCUT2D eigenvalue weighted by atomic mass is 15.2. The van der Waals surface area contributed by atoms with Gasteiger partial charge in [0.25, 0.3) is 0 Å². The van der Waals surface area contributed by atoms with Gasteiger partial charge in [-0.05, 0) is 45.3 Å². The molecule has 0 amide bonds. The molecule has 1 fully saturated rings. The SMILES string of the molecule is CCCNc1cncc(NCC(C)N2CCCC2)c1. The molecule has 1 aromatic rings. The van der Waals surface area contributed by atoms with Crippen molar-refractivity contribution < 1.29 is 0 Å². The van der Waals surface area contributed by atoms with Crippen LogP contribution < -0.4 is 10.6 Å². The Kier molecular flexibility index (Phi) is 5.45. The Morgan fingerprint density at radius 1 is 1.21 bits per heavy atom. The number of nitrogens with zero attached hydrogens (tertiary/aromatic N) is 2. The largest absolute Gasteiger partial charge is 0.384 e. The number of hydrogen-bond acceptors (Lipinski definition) is 4. The molecule has 4 heteroatoms. The lowest BCUT2D eigenvalue weighted by atomic mass is 10.3. The number of nitrogens with one attached hydrogen (secondary N) is 2. The van der Waals surface area contributed by atoms with Crippen molar-refractivity contribution in [3.63, 3.8) is 0 Å². The first kappa shape index (κ1) is 14.1. The van der Waals surface area contributed by atoms with Crippen molar-refractivity contribution in [3.8, 4) is 0 Å². The Bertz CT molecular complexity index is 374. The molecule has 1 aliphatic heterocycles. The molecule has 1 saturated heterocycles. The van der Waals surface area contributed by atoms with Gasteiger partial charge >= 0.3 is 0 Å². The summed E-state index contributed by atoms with van der Waals surface area (Å²) < 4.78 is 0. The summed E-state index contributed by atoms with van der Waals surface area (Å²) in [6.45, 7) is 8.94. The second-order valence-corrected chi connectivity index (χ2v) is 5.36. The molecule has 0 aromatic carbocycles. The van der Waals surface area contributed by atoms with Gasteiger partial charge in [-0.15, -0.1) is 0 Å². The fourth-order valence-corrected chi connectivity index (χ4v) is 2.48. The van der Waals surface area contributed by atoms with Crippen molar-refractivity contribution in [1.82, 2.24) is 9.88 Å². The average Bonchev–Trinajstić information content (AvgIpc) is 2.97. The molecule has 19 heavy (non-hydrogen) atoms. The van der Waals surface area contributed by atoms with Gasteiger partial charge in [-0.3, -0.25) is 9.88 Å². The molecular weight excluding hydrogens is 236 g/mol. The van der Waals surface area contributed by atoms with Crippen LogP contribution in [-0.4, -0.2) is 42.1 Å². The Labute approximate surface area is 116 Å². The first-order valence-corrected chi connectivity index (χ1v) is 7.46. The van der Waals surface area contributed by atoms with Crippen LogP contribution in [0.3, 0.4) is 0 Å². The summed E-state index contributed by atoms with van der Waals surface area (Å²) in [7, 11) is 0. The Balaban J connectivity index is 1.81. The normalized spacial score (nSPS) is 17.4. The minimum absolute atomic E-state index is 0.592. The summed E-state index contributed by atoms with van der Waals surface area (Å²) in [5.74, 6) is 0. The molecule has 0 spiro atoms. The van der Waals surface area contributed by atoms with E-state index in [4.69, 9.17) is 0 Å². The van der Waals surface area contributed by atoms with Gasteiger partial charge in [-0.1, -0.05) is 6.92 Å². The monoisotopic (exact) mass is 262 g/mol.